The molecule has 0 spiro atoms. The molecule has 0 N–H and O–H groups in total. The van der Waals surface area contributed by atoms with E-state index < -0.39 is 17.7 Å². The minimum Gasteiger partial charge on any atom is -0.469 e. The smallest absolute Gasteiger partial charge is 0.435 e. The predicted molar refractivity (Wildman–Crippen MR) is 143 cm³/mol. The molecule has 5 aromatic rings. The lowest BCUT2D eigenvalue weighted by atomic mass is 9.99. The zero-order valence-corrected chi connectivity index (χ0v) is 21.8. The number of carbonyl (C=O) groups excluding carboxylic acids is 2. The van der Waals surface area contributed by atoms with Crippen molar-refractivity contribution in [2.24, 2.45) is 0 Å². The number of hydrogen-bond donors (Lipinski definition) is 0. The third kappa shape index (κ3) is 4.99. The van der Waals surface area contributed by atoms with Crippen LogP contribution in [0, 0.1) is 11.6 Å². The van der Waals surface area contributed by atoms with Gasteiger partial charge < -0.3 is 14.0 Å². The van der Waals surface area contributed by atoms with Gasteiger partial charge in [-0.15, -0.1) is 0 Å². The maximum atomic E-state index is 14.3. The molecule has 39 heavy (non-hydrogen) atoms. The Morgan fingerprint density at radius 2 is 1.74 bits per heavy atom. The SMILES string of the molecule is COC(=O)CCc1c(C(C)C)n(-c2ccc(F)c(F)c2)c2cc3cnn(C(=O)OCc4ccccc4)c3cc12. The molecule has 2 aromatic heterocycles. The van der Waals surface area contributed by atoms with E-state index in [9.17, 15) is 18.4 Å². The van der Waals surface area contributed by atoms with Gasteiger partial charge in [0.2, 0.25) is 0 Å². The fourth-order valence-electron chi connectivity index (χ4n) is 4.92. The molecule has 0 aliphatic heterocycles. The van der Waals surface area contributed by atoms with Crippen molar-refractivity contribution in [3.8, 4) is 5.69 Å². The summed E-state index contributed by atoms with van der Waals surface area (Å²) in [6, 6.07) is 16.8. The second-order valence-electron chi connectivity index (χ2n) is 9.55. The highest BCUT2D eigenvalue weighted by atomic mass is 19.2. The number of esters is 1. The largest absolute Gasteiger partial charge is 0.469 e. The summed E-state index contributed by atoms with van der Waals surface area (Å²) < 4.78 is 41.6. The molecule has 0 aliphatic carbocycles. The van der Waals surface area contributed by atoms with E-state index in [1.807, 2.05) is 60.9 Å². The number of hydrogen-bond acceptors (Lipinski definition) is 5. The Balaban J connectivity index is 1.67. The van der Waals surface area contributed by atoms with Crippen molar-refractivity contribution in [3.05, 3.63) is 95.3 Å². The topological polar surface area (TPSA) is 75.4 Å². The molecule has 200 valence electrons. The molecule has 0 unspecified atom stereocenters. The van der Waals surface area contributed by atoms with Crippen LogP contribution in [-0.4, -0.2) is 33.5 Å². The third-order valence-electron chi connectivity index (χ3n) is 6.69. The minimum absolute atomic E-state index is 0.0337. The summed E-state index contributed by atoms with van der Waals surface area (Å²) >= 11 is 0. The van der Waals surface area contributed by atoms with Crippen molar-refractivity contribution in [1.29, 1.82) is 0 Å². The first-order valence-electron chi connectivity index (χ1n) is 12.6. The van der Waals surface area contributed by atoms with Crippen LogP contribution >= 0.6 is 0 Å². The fraction of sp³-hybridized carbons (Fsp3) is 0.233. The number of carbonyl (C=O) groups is 2. The first-order valence-corrected chi connectivity index (χ1v) is 12.6. The van der Waals surface area contributed by atoms with Crippen LogP contribution in [0.2, 0.25) is 0 Å². The molecular formula is C30H27F2N3O4. The summed E-state index contributed by atoms with van der Waals surface area (Å²) in [6.07, 6.45) is 1.41. The van der Waals surface area contributed by atoms with Gasteiger partial charge in [-0.25, -0.2) is 13.6 Å². The number of halogens is 2. The number of ether oxygens (including phenoxy) is 2. The minimum atomic E-state index is -0.963. The Morgan fingerprint density at radius 3 is 2.44 bits per heavy atom. The second kappa shape index (κ2) is 10.7. The molecule has 7 nitrogen and oxygen atoms in total. The third-order valence-corrected chi connectivity index (χ3v) is 6.69. The number of aryl methyl sites for hydroxylation is 1. The maximum absolute atomic E-state index is 14.3. The Kier molecular flexibility index (Phi) is 7.15. The number of nitrogens with zero attached hydrogens (tertiary/aromatic N) is 3. The molecule has 2 heterocycles. The first kappa shape index (κ1) is 26.1. The van der Waals surface area contributed by atoms with Gasteiger partial charge in [-0.05, 0) is 47.7 Å². The van der Waals surface area contributed by atoms with Gasteiger partial charge in [-0.3, -0.25) is 4.79 Å². The van der Waals surface area contributed by atoms with Gasteiger partial charge in [0.25, 0.3) is 0 Å². The van der Waals surface area contributed by atoms with Crippen LogP contribution in [-0.2, 0) is 27.3 Å². The molecule has 3 aromatic carbocycles. The predicted octanol–water partition coefficient (Wildman–Crippen LogP) is 6.67. The second-order valence-corrected chi connectivity index (χ2v) is 9.55. The molecule has 0 aliphatic rings. The van der Waals surface area contributed by atoms with Crippen LogP contribution in [0.3, 0.4) is 0 Å². The quantitative estimate of drug-likeness (QED) is 0.219. The van der Waals surface area contributed by atoms with Crippen LogP contribution in [0.5, 0.6) is 0 Å². The van der Waals surface area contributed by atoms with E-state index in [1.165, 1.54) is 17.9 Å². The molecule has 5 rings (SSSR count). The zero-order chi connectivity index (χ0) is 27.7. The zero-order valence-electron chi connectivity index (χ0n) is 21.8. The number of methoxy groups -OCH3 is 1. The fourth-order valence-corrected chi connectivity index (χ4v) is 4.92. The van der Waals surface area contributed by atoms with Crippen molar-refractivity contribution < 1.29 is 27.8 Å². The van der Waals surface area contributed by atoms with Crippen molar-refractivity contribution in [2.75, 3.05) is 7.11 Å². The van der Waals surface area contributed by atoms with E-state index in [-0.39, 0.29) is 24.9 Å². The summed E-state index contributed by atoms with van der Waals surface area (Å²) in [5.41, 5.74) is 4.23. The van der Waals surface area contributed by atoms with Gasteiger partial charge in [0.1, 0.15) is 6.61 Å². The molecule has 0 fully saturated rings. The summed E-state index contributed by atoms with van der Waals surface area (Å²) in [5.74, 6) is -2.30. The number of rotatable bonds is 7. The summed E-state index contributed by atoms with van der Waals surface area (Å²) in [6.45, 7) is 4.08. The van der Waals surface area contributed by atoms with Crippen LogP contribution in [0.4, 0.5) is 13.6 Å². The Morgan fingerprint density at radius 1 is 0.974 bits per heavy atom. The molecular weight excluding hydrogens is 504 g/mol. The molecule has 9 heteroatoms. The van der Waals surface area contributed by atoms with Gasteiger partial charge in [0.05, 0.1) is 24.3 Å². The lowest BCUT2D eigenvalue weighted by Crippen LogP contribution is -2.14. The average molecular weight is 532 g/mol. The Labute approximate surface area is 223 Å². The number of fused-ring (bicyclic) bond motifs is 2. The summed E-state index contributed by atoms with van der Waals surface area (Å²) in [7, 11) is 1.33. The highest BCUT2D eigenvalue weighted by Crippen LogP contribution is 2.37. The molecule has 0 saturated heterocycles. The van der Waals surface area contributed by atoms with Crippen LogP contribution in [0.1, 0.15) is 43.0 Å². The Bertz CT molecular complexity index is 1690. The van der Waals surface area contributed by atoms with E-state index in [4.69, 9.17) is 9.47 Å². The maximum Gasteiger partial charge on any atom is 0.435 e. The number of benzene rings is 3. The van der Waals surface area contributed by atoms with Crippen molar-refractivity contribution in [2.45, 2.75) is 39.2 Å². The van der Waals surface area contributed by atoms with Gasteiger partial charge in [0.15, 0.2) is 11.6 Å². The van der Waals surface area contributed by atoms with E-state index >= 15 is 0 Å². The molecule has 0 amide bonds. The lowest BCUT2D eigenvalue weighted by Gasteiger charge is -2.16. The molecule has 0 radical (unpaired) electrons. The van der Waals surface area contributed by atoms with Crippen molar-refractivity contribution >= 4 is 33.9 Å². The average Bonchev–Trinajstić information content (AvgIpc) is 3.49. The van der Waals surface area contributed by atoms with E-state index in [0.29, 0.717) is 28.5 Å². The highest BCUT2D eigenvalue weighted by molar-refractivity contribution is 6.01. The Hall–Kier alpha value is -4.53. The van der Waals surface area contributed by atoms with Gasteiger partial charge in [-0.2, -0.15) is 9.78 Å². The molecule has 0 atom stereocenters. The van der Waals surface area contributed by atoms with E-state index in [2.05, 4.69) is 5.10 Å². The van der Waals surface area contributed by atoms with Crippen LogP contribution in [0.25, 0.3) is 27.5 Å². The van der Waals surface area contributed by atoms with Crippen molar-refractivity contribution in [1.82, 2.24) is 14.3 Å². The van der Waals surface area contributed by atoms with Crippen LogP contribution < -0.4 is 0 Å². The first-order chi connectivity index (χ1) is 18.8. The molecule has 0 bridgehead atoms. The van der Waals surface area contributed by atoms with E-state index in [1.54, 1.807) is 6.20 Å². The molecule has 0 saturated carbocycles. The summed E-state index contributed by atoms with van der Waals surface area (Å²) in [4.78, 5) is 25.0. The van der Waals surface area contributed by atoms with Gasteiger partial charge in [-0.1, -0.05) is 44.2 Å². The standard InChI is InChI=1S/C30H27F2N3O4/c1-18(2)29-22(10-12-28(36)38-3)23-15-26-20(13-27(23)34(29)21-9-11-24(31)25(32)14-21)16-33-35(26)30(37)39-17-19-7-5-4-6-8-19/h4-9,11,13-16,18H,10,12,17H2,1-3H3. The lowest BCUT2D eigenvalue weighted by molar-refractivity contribution is -0.140. The van der Waals surface area contributed by atoms with Crippen LogP contribution in [0.15, 0.2) is 66.9 Å². The van der Waals surface area contributed by atoms with Gasteiger partial charge >= 0.3 is 12.1 Å². The number of aromatic nitrogens is 3. The summed E-state index contributed by atoms with van der Waals surface area (Å²) in [5, 5.41) is 5.69. The van der Waals surface area contributed by atoms with E-state index in [0.717, 1.165) is 34.3 Å². The van der Waals surface area contributed by atoms with Gasteiger partial charge in [0, 0.05) is 34.6 Å². The monoisotopic (exact) mass is 531 g/mol. The van der Waals surface area contributed by atoms with Crippen molar-refractivity contribution in [3.63, 3.8) is 0 Å². The highest BCUT2D eigenvalue weighted by Gasteiger charge is 2.24. The normalized spacial score (nSPS) is 11.4.